The summed E-state index contributed by atoms with van der Waals surface area (Å²) in [6.45, 7) is 3.39. The highest BCUT2D eigenvalue weighted by Gasteiger charge is 2.16. The molecule has 1 aromatic carbocycles. The van der Waals surface area contributed by atoms with E-state index in [9.17, 15) is 5.11 Å². The number of anilines is 1. The minimum Gasteiger partial charge on any atom is -0.508 e. The zero-order valence-corrected chi connectivity index (χ0v) is 9.82. The van der Waals surface area contributed by atoms with Crippen LogP contribution in [0.5, 0.6) is 5.75 Å². The third kappa shape index (κ3) is 3.14. The van der Waals surface area contributed by atoms with Crippen molar-refractivity contribution in [1.29, 1.82) is 0 Å². The van der Waals surface area contributed by atoms with Gasteiger partial charge in [-0.1, -0.05) is 6.07 Å². The molecule has 0 amide bonds. The molecule has 0 saturated carbocycles. The van der Waals surface area contributed by atoms with E-state index in [0.29, 0.717) is 5.75 Å². The second kappa shape index (κ2) is 5.21. The van der Waals surface area contributed by atoms with Crippen molar-refractivity contribution >= 4 is 5.69 Å². The summed E-state index contributed by atoms with van der Waals surface area (Å²) in [6, 6.07) is 7.32. The van der Waals surface area contributed by atoms with Crippen LogP contribution < -0.4 is 5.32 Å². The second-order valence-corrected chi connectivity index (χ2v) is 4.70. The Morgan fingerprint density at radius 1 is 1.50 bits per heavy atom. The molecule has 0 bridgehead atoms. The molecule has 1 unspecified atom stereocenters. The molecule has 0 spiro atoms. The summed E-state index contributed by atoms with van der Waals surface area (Å²) in [5.41, 5.74) is 1.01. The zero-order valence-electron chi connectivity index (χ0n) is 9.82. The molecule has 0 aromatic heterocycles. The molecule has 2 N–H and O–H groups in total. The van der Waals surface area contributed by atoms with E-state index in [1.165, 1.54) is 25.9 Å². The van der Waals surface area contributed by atoms with Crippen LogP contribution in [0.1, 0.15) is 12.8 Å². The van der Waals surface area contributed by atoms with Gasteiger partial charge >= 0.3 is 0 Å². The number of aromatic hydroxyl groups is 1. The average Bonchev–Trinajstić information content (AvgIpc) is 2.27. The monoisotopic (exact) mass is 220 g/mol. The summed E-state index contributed by atoms with van der Waals surface area (Å²) in [7, 11) is 2.18. The summed E-state index contributed by atoms with van der Waals surface area (Å²) >= 11 is 0. The molecule has 1 heterocycles. The average molecular weight is 220 g/mol. The fourth-order valence-electron chi connectivity index (χ4n) is 2.32. The number of nitrogens with zero attached hydrogens (tertiary/aromatic N) is 1. The molecule has 1 aromatic rings. The standard InChI is InChI=1S/C13H20N2O/c1-15-7-3-4-11(10-15)9-14-12-5-2-6-13(16)8-12/h2,5-6,8,11,14,16H,3-4,7,9-10H2,1H3. The van der Waals surface area contributed by atoms with Gasteiger partial charge in [0, 0.05) is 24.8 Å². The number of hydrogen-bond donors (Lipinski definition) is 2. The third-order valence-corrected chi connectivity index (χ3v) is 3.16. The molecule has 0 aliphatic carbocycles. The Labute approximate surface area is 97.1 Å². The lowest BCUT2D eigenvalue weighted by Crippen LogP contribution is -2.35. The van der Waals surface area contributed by atoms with Gasteiger partial charge in [-0.2, -0.15) is 0 Å². The SMILES string of the molecule is CN1CCCC(CNc2cccc(O)c2)C1. The largest absolute Gasteiger partial charge is 0.508 e. The normalized spacial score (nSPS) is 21.9. The van der Waals surface area contributed by atoms with Crippen molar-refractivity contribution in [2.24, 2.45) is 5.92 Å². The molecular formula is C13H20N2O. The van der Waals surface area contributed by atoms with E-state index in [1.807, 2.05) is 12.1 Å². The number of rotatable bonds is 3. The number of nitrogens with one attached hydrogen (secondary N) is 1. The van der Waals surface area contributed by atoms with Gasteiger partial charge in [-0.3, -0.25) is 0 Å². The maximum atomic E-state index is 9.34. The first-order chi connectivity index (χ1) is 7.74. The lowest BCUT2D eigenvalue weighted by Gasteiger charge is -2.29. The van der Waals surface area contributed by atoms with E-state index in [4.69, 9.17) is 0 Å². The molecule has 0 radical (unpaired) electrons. The number of hydrogen-bond acceptors (Lipinski definition) is 3. The van der Waals surface area contributed by atoms with Crippen molar-refractivity contribution < 1.29 is 5.11 Å². The van der Waals surface area contributed by atoms with E-state index in [2.05, 4.69) is 17.3 Å². The van der Waals surface area contributed by atoms with Gasteiger partial charge in [0.2, 0.25) is 0 Å². The maximum absolute atomic E-state index is 9.34. The van der Waals surface area contributed by atoms with Crippen molar-refractivity contribution in [3.63, 3.8) is 0 Å². The predicted octanol–water partition coefficient (Wildman–Crippen LogP) is 2.15. The molecule has 3 heteroatoms. The Morgan fingerprint density at radius 3 is 3.12 bits per heavy atom. The number of phenolic OH excluding ortho intramolecular Hbond substituents is 1. The van der Waals surface area contributed by atoms with Crippen LogP contribution in [0.15, 0.2) is 24.3 Å². The summed E-state index contributed by atoms with van der Waals surface area (Å²) in [5, 5.41) is 12.7. The van der Waals surface area contributed by atoms with Crippen molar-refractivity contribution in [3.05, 3.63) is 24.3 Å². The van der Waals surface area contributed by atoms with Crippen molar-refractivity contribution in [3.8, 4) is 5.75 Å². The summed E-state index contributed by atoms with van der Waals surface area (Å²) in [5.74, 6) is 1.05. The molecule has 1 atom stereocenters. The first kappa shape index (κ1) is 11.3. The van der Waals surface area contributed by atoms with Gasteiger partial charge in [0.15, 0.2) is 0 Å². The van der Waals surface area contributed by atoms with Crippen LogP contribution in [0.25, 0.3) is 0 Å². The van der Waals surface area contributed by atoms with Gasteiger partial charge in [-0.15, -0.1) is 0 Å². The van der Waals surface area contributed by atoms with E-state index in [0.717, 1.165) is 18.2 Å². The zero-order chi connectivity index (χ0) is 11.4. The first-order valence-electron chi connectivity index (χ1n) is 5.95. The minimum atomic E-state index is 0.325. The lowest BCUT2D eigenvalue weighted by molar-refractivity contribution is 0.217. The van der Waals surface area contributed by atoms with E-state index >= 15 is 0 Å². The Hall–Kier alpha value is -1.22. The Morgan fingerprint density at radius 2 is 2.38 bits per heavy atom. The first-order valence-corrected chi connectivity index (χ1v) is 5.95. The quantitative estimate of drug-likeness (QED) is 0.819. The Kier molecular flexibility index (Phi) is 3.67. The molecular weight excluding hydrogens is 200 g/mol. The molecule has 1 aliphatic heterocycles. The lowest BCUT2D eigenvalue weighted by atomic mass is 9.98. The summed E-state index contributed by atoms with van der Waals surface area (Å²) in [4.78, 5) is 2.39. The van der Waals surface area contributed by atoms with Crippen LogP contribution in [0.4, 0.5) is 5.69 Å². The van der Waals surface area contributed by atoms with Gasteiger partial charge in [-0.25, -0.2) is 0 Å². The molecule has 1 fully saturated rings. The number of benzene rings is 1. The van der Waals surface area contributed by atoms with Crippen LogP contribution in [0.3, 0.4) is 0 Å². The number of likely N-dealkylation sites (tertiary alicyclic amines) is 1. The fraction of sp³-hybridized carbons (Fsp3) is 0.538. The number of piperidine rings is 1. The molecule has 1 saturated heterocycles. The van der Waals surface area contributed by atoms with Gasteiger partial charge in [0.1, 0.15) is 5.75 Å². The highest BCUT2D eigenvalue weighted by atomic mass is 16.3. The van der Waals surface area contributed by atoms with E-state index in [1.54, 1.807) is 12.1 Å². The Bertz CT molecular complexity index is 340. The van der Waals surface area contributed by atoms with Gasteiger partial charge in [0.25, 0.3) is 0 Å². The van der Waals surface area contributed by atoms with Gasteiger partial charge in [-0.05, 0) is 44.5 Å². The van der Waals surface area contributed by atoms with Crippen LogP contribution in [-0.4, -0.2) is 36.7 Å². The predicted molar refractivity (Wildman–Crippen MR) is 66.8 cm³/mol. The summed E-state index contributed by atoms with van der Waals surface area (Å²) in [6.07, 6.45) is 2.60. The number of phenols is 1. The van der Waals surface area contributed by atoms with Crippen LogP contribution in [0, 0.1) is 5.92 Å². The highest BCUT2D eigenvalue weighted by molar-refractivity contribution is 5.47. The van der Waals surface area contributed by atoms with Crippen LogP contribution in [-0.2, 0) is 0 Å². The third-order valence-electron chi connectivity index (χ3n) is 3.16. The molecule has 1 aliphatic rings. The van der Waals surface area contributed by atoms with Crippen LogP contribution in [0.2, 0.25) is 0 Å². The van der Waals surface area contributed by atoms with E-state index < -0.39 is 0 Å². The minimum absolute atomic E-state index is 0.325. The van der Waals surface area contributed by atoms with Gasteiger partial charge < -0.3 is 15.3 Å². The topological polar surface area (TPSA) is 35.5 Å². The van der Waals surface area contributed by atoms with Crippen molar-refractivity contribution in [1.82, 2.24) is 4.90 Å². The molecule has 3 nitrogen and oxygen atoms in total. The molecule has 88 valence electrons. The Balaban J connectivity index is 1.82. The van der Waals surface area contributed by atoms with Crippen LogP contribution >= 0.6 is 0 Å². The molecule has 16 heavy (non-hydrogen) atoms. The maximum Gasteiger partial charge on any atom is 0.117 e. The fourth-order valence-corrected chi connectivity index (χ4v) is 2.32. The summed E-state index contributed by atoms with van der Waals surface area (Å²) < 4.78 is 0. The molecule has 2 rings (SSSR count). The smallest absolute Gasteiger partial charge is 0.117 e. The van der Waals surface area contributed by atoms with E-state index in [-0.39, 0.29) is 0 Å². The van der Waals surface area contributed by atoms with Crippen molar-refractivity contribution in [2.45, 2.75) is 12.8 Å². The highest BCUT2D eigenvalue weighted by Crippen LogP contribution is 2.18. The second-order valence-electron chi connectivity index (χ2n) is 4.70. The van der Waals surface area contributed by atoms with Gasteiger partial charge in [0.05, 0.1) is 0 Å². The van der Waals surface area contributed by atoms with Crippen molar-refractivity contribution in [2.75, 3.05) is 32.0 Å².